The van der Waals surface area contributed by atoms with Crippen LogP contribution < -0.4 is 10.6 Å². The fourth-order valence-electron chi connectivity index (χ4n) is 3.84. The monoisotopic (exact) mass is 393 g/mol. The largest absolute Gasteiger partial charge is 0.352 e. The number of aryl methyl sites for hydroxylation is 1. The van der Waals surface area contributed by atoms with Gasteiger partial charge in [-0.2, -0.15) is 0 Å². The molecule has 1 atom stereocenters. The van der Waals surface area contributed by atoms with E-state index in [1.54, 1.807) is 12.1 Å². The zero-order valence-electron chi connectivity index (χ0n) is 17.4. The van der Waals surface area contributed by atoms with Gasteiger partial charge in [0.15, 0.2) is 0 Å². The number of nitrogens with zero attached hydrogens (tertiary/aromatic N) is 1. The number of piperidine rings is 1. The second-order valence-corrected chi connectivity index (χ2v) is 7.85. The number of nitrogens with one attached hydrogen (secondary N) is 2. The lowest BCUT2D eigenvalue weighted by Crippen LogP contribution is -2.40. The van der Waals surface area contributed by atoms with Gasteiger partial charge in [-0.15, -0.1) is 0 Å². The first-order valence-corrected chi connectivity index (χ1v) is 10.5. The highest BCUT2D eigenvalue weighted by Gasteiger charge is 2.26. The summed E-state index contributed by atoms with van der Waals surface area (Å²) in [6, 6.07) is 15.7. The maximum Gasteiger partial charge on any atom is 0.253 e. The minimum absolute atomic E-state index is 0.00492. The van der Waals surface area contributed by atoms with Gasteiger partial charge in [0.05, 0.1) is 17.2 Å². The molecule has 0 bridgehead atoms. The summed E-state index contributed by atoms with van der Waals surface area (Å²) in [5.41, 5.74) is 3.64. The minimum atomic E-state index is -0.146. The number of rotatable bonds is 7. The van der Waals surface area contributed by atoms with Gasteiger partial charge in [-0.3, -0.25) is 14.5 Å². The molecule has 1 heterocycles. The second-order valence-electron chi connectivity index (χ2n) is 7.85. The van der Waals surface area contributed by atoms with Crippen LogP contribution in [0.3, 0.4) is 0 Å². The zero-order chi connectivity index (χ0) is 20.6. The van der Waals surface area contributed by atoms with Gasteiger partial charge in [0.1, 0.15) is 0 Å². The predicted molar refractivity (Wildman–Crippen MR) is 117 cm³/mol. The summed E-state index contributed by atoms with van der Waals surface area (Å²) in [5, 5.41) is 5.89. The van der Waals surface area contributed by atoms with Crippen molar-refractivity contribution in [3.8, 4) is 0 Å². The Bertz CT molecular complexity index is 850. The molecule has 1 fully saturated rings. The van der Waals surface area contributed by atoms with Gasteiger partial charge in [0, 0.05) is 19.6 Å². The smallest absolute Gasteiger partial charge is 0.253 e. The average molecular weight is 394 g/mol. The molecular formula is C24H31N3O2. The number of carbonyl (C=O) groups excluding carboxylic acids is 2. The van der Waals surface area contributed by atoms with Crippen LogP contribution in [0.4, 0.5) is 5.69 Å². The normalized spacial score (nSPS) is 17.0. The molecule has 154 valence electrons. The Morgan fingerprint density at radius 2 is 1.97 bits per heavy atom. The maximum atomic E-state index is 12.9. The zero-order valence-corrected chi connectivity index (χ0v) is 17.4. The van der Waals surface area contributed by atoms with Crippen molar-refractivity contribution < 1.29 is 9.59 Å². The first-order valence-electron chi connectivity index (χ1n) is 10.5. The van der Waals surface area contributed by atoms with E-state index >= 15 is 0 Å². The van der Waals surface area contributed by atoms with Crippen molar-refractivity contribution in [2.75, 3.05) is 25.0 Å². The Hall–Kier alpha value is -2.66. The van der Waals surface area contributed by atoms with Crippen LogP contribution in [0, 0.1) is 12.8 Å². The first-order chi connectivity index (χ1) is 14.1. The van der Waals surface area contributed by atoms with Gasteiger partial charge in [0.25, 0.3) is 5.91 Å². The van der Waals surface area contributed by atoms with Crippen molar-refractivity contribution in [3.05, 3.63) is 65.2 Å². The van der Waals surface area contributed by atoms with Crippen molar-refractivity contribution in [1.29, 1.82) is 0 Å². The van der Waals surface area contributed by atoms with Gasteiger partial charge in [-0.05, 0) is 50.4 Å². The van der Waals surface area contributed by atoms with Crippen LogP contribution in [-0.4, -0.2) is 36.3 Å². The van der Waals surface area contributed by atoms with Gasteiger partial charge in [-0.25, -0.2) is 0 Å². The van der Waals surface area contributed by atoms with Crippen molar-refractivity contribution in [1.82, 2.24) is 10.2 Å². The lowest BCUT2D eigenvalue weighted by Gasteiger charge is -2.32. The summed E-state index contributed by atoms with van der Waals surface area (Å²) >= 11 is 0. The van der Waals surface area contributed by atoms with E-state index in [2.05, 4.69) is 46.7 Å². The molecule has 1 saturated heterocycles. The number of hydrogen-bond donors (Lipinski definition) is 2. The van der Waals surface area contributed by atoms with Crippen molar-refractivity contribution in [3.63, 3.8) is 0 Å². The van der Waals surface area contributed by atoms with Crippen LogP contribution in [0.15, 0.2) is 48.5 Å². The molecular weight excluding hydrogens is 362 g/mol. The molecule has 1 unspecified atom stereocenters. The van der Waals surface area contributed by atoms with E-state index in [-0.39, 0.29) is 17.7 Å². The summed E-state index contributed by atoms with van der Waals surface area (Å²) in [7, 11) is 0. The Kier molecular flexibility index (Phi) is 7.42. The number of para-hydroxylation sites is 1. The first kappa shape index (κ1) is 21.1. The maximum absolute atomic E-state index is 12.9. The highest BCUT2D eigenvalue weighted by Crippen LogP contribution is 2.22. The number of amides is 2. The van der Waals surface area contributed by atoms with Gasteiger partial charge in [0.2, 0.25) is 5.91 Å². The molecule has 0 saturated carbocycles. The highest BCUT2D eigenvalue weighted by molar-refractivity contribution is 6.04. The van der Waals surface area contributed by atoms with Crippen molar-refractivity contribution in [2.45, 2.75) is 39.7 Å². The van der Waals surface area contributed by atoms with Crippen LogP contribution in [0.2, 0.25) is 0 Å². The molecule has 29 heavy (non-hydrogen) atoms. The number of carbonyl (C=O) groups is 2. The Morgan fingerprint density at radius 3 is 2.76 bits per heavy atom. The Balaban J connectivity index is 1.63. The second kappa shape index (κ2) is 10.2. The fraction of sp³-hybridized carbons (Fsp3) is 0.417. The lowest BCUT2D eigenvalue weighted by molar-refractivity contribution is -0.121. The Labute approximate surface area is 173 Å². The molecule has 1 aliphatic heterocycles. The third-order valence-corrected chi connectivity index (χ3v) is 5.33. The molecule has 0 aliphatic carbocycles. The Morgan fingerprint density at radius 1 is 1.14 bits per heavy atom. The molecule has 3 rings (SSSR count). The molecule has 2 aromatic carbocycles. The SMILES string of the molecule is CCCNC(=O)c1ccccc1NC(=O)C1CCCN(Cc2cccc(C)c2)C1. The summed E-state index contributed by atoms with van der Waals surface area (Å²) in [5.74, 6) is -0.220. The molecule has 0 aromatic heterocycles. The van der Waals surface area contributed by atoms with Crippen LogP contribution >= 0.6 is 0 Å². The summed E-state index contributed by atoms with van der Waals surface area (Å²) < 4.78 is 0. The van der Waals surface area contributed by atoms with Gasteiger partial charge < -0.3 is 10.6 Å². The van der Waals surface area contributed by atoms with Crippen LogP contribution in [0.5, 0.6) is 0 Å². The molecule has 2 aromatic rings. The molecule has 1 aliphatic rings. The van der Waals surface area contributed by atoms with Crippen LogP contribution in [0.1, 0.15) is 47.7 Å². The van der Waals surface area contributed by atoms with E-state index in [1.807, 2.05) is 19.1 Å². The number of hydrogen-bond acceptors (Lipinski definition) is 3. The highest BCUT2D eigenvalue weighted by atomic mass is 16.2. The molecule has 5 nitrogen and oxygen atoms in total. The van der Waals surface area contributed by atoms with Crippen LogP contribution in [-0.2, 0) is 11.3 Å². The van der Waals surface area contributed by atoms with E-state index in [4.69, 9.17) is 0 Å². The number of anilines is 1. The summed E-state index contributed by atoms with van der Waals surface area (Å²) in [4.78, 5) is 27.7. The van der Waals surface area contributed by atoms with Crippen molar-refractivity contribution in [2.24, 2.45) is 5.92 Å². The minimum Gasteiger partial charge on any atom is -0.352 e. The fourth-order valence-corrected chi connectivity index (χ4v) is 3.84. The predicted octanol–water partition coefficient (Wildman–Crippen LogP) is 3.99. The lowest BCUT2D eigenvalue weighted by atomic mass is 9.96. The molecule has 0 spiro atoms. The molecule has 2 N–H and O–H groups in total. The van der Waals surface area contributed by atoms with E-state index in [9.17, 15) is 9.59 Å². The molecule has 5 heteroatoms. The van der Waals surface area contributed by atoms with Crippen molar-refractivity contribution >= 4 is 17.5 Å². The summed E-state index contributed by atoms with van der Waals surface area (Å²) in [6.45, 7) is 7.35. The van der Waals surface area contributed by atoms with E-state index < -0.39 is 0 Å². The van der Waals surface area contributed by atoms with E-state index in [1.165, 1.54) is 11.1 Å². The summed E-state index contributed by atoms with van der Waals surface area (Å²) in [6.07, 6.45) is 2.75. The average Bonchev–Trinajstić information content (AvgIpc) is 2.72. The molecule has 0 radical (unpaired) electrons. The third kappa shape index (κ3) is 5.91. The number of benzene rings is 2. The topological polar surface area (TPSA) is 61.4 Å². The van der Waals surface area contributed by atoms with Crippen LogP contribution in [0.25, 0.3) is 0 Å². The van der Waals surface area contributed by atoms with E-state index in [0.717, 1.165) is 38.9 Å². The quantitative estimate of drug-likeness (QED) is 0.748. The van der Waals surface area contributed by atoms with Gasteiger partial charge >= 0.3 is 0 Å². The standard InChI is InChI=1S/C24H31N3O2/c1-3-13-25-24(29)21-11-4-5-12-22(21)26-23(28)20-10-7-14-27(17-20)16-19-9-6-8-18(2)15-19/h4-6,8-9,11-12,15,20H,3,7,10,13-14,16-17H2,1-2H3,(H,25,29)(H,26,28). The van der Waals surface area contributed by atoms with Gasteiger partial charge in [-0.1, -0.05) is 48.9 Å². The number of likely N-dealkylation sites (tertiary alicyclic amines) is 1. The third-order valence-electron chi connectivity index (χ3n) is 5.33. The molecule has 2 amide bonds. The van der Waals surface area contributed by atoms with E-state index in [0.29, 0.717) is 17.8 Å².